The normalized spacial score (nSPS) is 12.9. The van der Waals surface area contributed by atoms with Crippen LogP contribution in [0.25, 0.3) is 53.3 Å². The third-order valence-corrected chi connectivity index (χ3v) is 12.6. The van der Waals surface area contributed by atoms with Crippen molar-refractivity contribution in [2.45, 2.75) is 5.41 Å². The molecule has 0 amide bonds. The average Bonchev–Trinajstić information content (AvgIpc) is 3.80. The Kier molecular flexibility index (Phi) is 7.29. The van der Waals surface area contributed by atoms with E-state index in [-0.39, 0.29) is 0 Å². The molecule has 1 aliphatic rings. The van der Waals surface area contributed by atoms with Crippen LogP contribution >= 0.6 is 11.3 Å². The van der Waals surface area contributed by atoms with Gasteiger partial charge in [-0.3, -0.25) is 4.98 Å². The van der Waals surface area contributed by atoms with Crippen LogP contribution < -0.4 is 4.90 Å². The largest absolute Gasteiger partial charge is 0.309 e. The molecule has 2 aromatic heterocycles. The van der Waals surface area contributed by atoms with Crippen LogP contribution in [0.15, 0.2) is 206 Å². The van der Waals surface area contributed by atoms with E-state index in [0.717, 1.165) is 22.6 Å². The lowest BCUT2D eigenvalue weighted by Gasteiger charge is -2.34. The second-order valence-electron chi connectivity index (χ2n) is 14.3. The molecule has 0 saturated heterocycles. The van der Waals surface area contributed by atoms with E-state index in [0.29, 0.717) is 0 Å². The Balaban J connectivity index is 1.17. The molecule has 8 aromatic carbocycles. The first kappa shape index (κ1) is 31.7. The molecule has 10 aromatic rings. The van der Waals surface area contributed by atoms with E-state index < -0.39 is 5.41 Å². The number of pyridine rings is 1. The summed E-state index contributed by atoms with van der Waals surface area (Å²) in [7, 11) is 0. The van der Waals surface area contributed by atoms with Crippen molar-refractivity contribution >= 4 is 59.5 Å². The number of hydrogen-bond donors (Lipinski definition) is 0. The van der Waals surface area contributed by atoms with Crippen molar-refractivity contribution in [3.8, 4) is 22.3 Å². The zero-order valence-corrected chi connectivity index (χ0v) is 30.7. The standard InChI is InChI=1S/C52H34N2S/c1-4-14-35(15-5-1)36-24-27-40(28-25-36)54(48-32-33-53-49-44-30-26-37-16-10-11-21-42(37)50(44)55-51(48)49)41-29-31-47-45(34-41)43-22-12-13-23-46(43)52(47,38-17-6-2-7-18-38)39-19-8-3-9-20-39/h1-34H. The fourth-order valence-electron chi connectivity index (χ4n) is 8.99. The van der Waals surface area contributed by atoms with Crippen LogP contribution in [-0.2, 0) is 5.41 Å². The number of hydrogen-bond acceptors (Lipinski definition) is 3. The highest BCUT2D eigenvalue weighted by molar-refractivity contribution is 7.27. The van der Waals surface area contributed by atoms with E-state index in [4.69, 9.17) is 4.98 Å². The minimum Gasteiger partial charge on any atom is -0.309 e. The summed E-state index contributed by atoms with van der Waals surface area (Å²) in [6, 6.07) is 73.1. The summed E-state index contributed by atoms with van der Waals surface area (Å²) < 4.78 is 2.44. The Hall–Kier alpha value is -6.81. The quantitative estimate of drug-likeness (QED) is 0.170. The summed E-state index contributed by atoms with van der Waals surface area (Å²) in [6.07, 6.45) is 1.98. The van der Waals surface area contributed by atoms with E-state index >= 15 is 0 Å². The molecule has 11 rings (SSSR count). The summed E-state index contributed by atoms with van der Waals surface area (Å²) in [5.41, 5.74) is 13.9. The Morgan fingerprint density at radius 1 is 0.436 bits per heavy atom. The van der Waals surface area contributed by atoms with Gasteiger partial charge in [-0.1, -0.05) is 170 Å². The summed E-state index contributed by atoms with van der Waals surface area (Å²) >= 11 is 1.84. The lowest BCUT2D eigenvalue weighted by atomic mass is 9.68. The molecule has 0 unspecified atom stereocenters. The molecule has 2 nitrogen and oxygen atoms in total. The van der Waals surface area contributed by atoms with Crippen molar-refractivity contribution in [2.24, 2.45) is 0 Å². The number of benzene rings is 8. The molecule has 0 N–H and O–H groups in total. The van der Waals surface area contributed by atoms with Gasteiger partial charge in [-0.05, 0) is 85.6 Å². The van der Waals surface area contributed by atoms with Crippen LogP contribution in [0.3, 0.4) is 0 Å². The molecule has 0 fully saturated rings. The molecule has 0 bridgehead atoms. The van der Waals surface area contributed by atoms with Crippen LogP contribution in [0.5, 0.6) is 0 Å². The average molecular weight is 719 g/mol. The van der Waals surface area contributed by atoms with Gasteiger partial charge in [0.15, 0.2) is 0 Å². The molecule has 1 aliphatic carbocycles. The van der Waals surface area contributed by atoms with Crippen LogP contribution in [0.2, 0.25) is 0 Å². The van der Waals surface area contributed by atoms with Crippen molar-refractivity contribution in [2.75, 3.05) is 4.90 Å². The minimum absolute atomic E-state index is 0.453. The van der Waals surface area contributed by atoms with Gasteiger partial charge in [-0.2, -0.15) is 0 Å². The van der Waals surface area contributed by atoms with E-state index in [2.05, 4.69) is 205 Å². The third kappa shape index (κ3) is 4.83. The number of rotatable bonds is 6. The number of anilines is 3. The Morgan fingerprint density at radius 3 is 1.82 bits per heavy atom. The fraction of sp³-hybridized carbons (Fsp3) is 0.0192. The number of fused-ring (bicyclic) bond motifs is 8. The molecule has 258 valence electrons. The first-order valence-corrected chi connectivity index (χ1v) is 19.6. The van der Waals surface area contributed by atoms with Crippen molar-refractivity contribution in [3.63, 3.8) is 0 Å². The molecule has 0 radical (unpaired) electrons. The molecular formula is C52H34N2S. The van der Waals surface area contributed by atoms with Gasteiger partial charge in [0.05, 0.1) is 21.3 Å². The second-order valence-corrected chi connectivity index (χ2v) is 15.3. The predicted octanol–water partition coefficient (Wildman–Crippen LogP) is 14.1. The lowest BCUT2D eigenvalue weighted by molar-refractivity contribution is 0.768. The van der Waals surface area contributed by atoms with Gasteiger partial charge in [-0.15, -0.1) is 11.3 Å². The lowest BCUT2D eigenvalue weighted by Crippen LogP contribution is -2.28. The molecule has 0 aliphatic heterocycles. The Bertz CT molecular complexity index is 2980. The van der Waals surface area contributed by atoms with E-state index in [1.807, 2.05) is 17.5 Å². The van der Waals surface area contributed by atoms with Crippen molar-refractivity contribution in [3.05, 3.63) is 229 Å². The maximum Gasteiger partial charge on any atom is 0.0909 e. The van der Waals surface area contributed by atoms with Crippen LogP contribution in [0, 0.1) is 0 Å². The zero-order valence-electron chi connectivity index (χ0n) is 29.9. The summed E-state index contributed by atoms with van der Waals surface area (Å²) in [5.74, 6) is 0. The summed E-state index contributed by atoms with van der Waals surface area (Å²) in [4.78, 5) is 7.45. The van der Waals surface area contributed by atoms with Gasteiger partial charge < -0.3 is 4.90 Å². The highest BCUT2D eigenvalue weighted by atomic mass is 32.1. The Labute approximate surface area is 324 Å². The molecule has 0 saturated carbocycles. The van der Waals surface area contributed by atoms with Gasteiger partial charge in [0.1, 0.15) is 0 Å². The van der Waals surface area contributed by atoms with Crippen LogP contribution in [-0.4, -0.2) is 4.98 Å². The number of nitrogens with zero attached hydrogens (tertiary/aromatic N) is 2. The first-order chi connectivity index (χ1) is 27.3. The number of thiophene rings is 1. The fourth-order valence-corrected chi connectivity index (χ4v) is 10.3. The predicted molar refractivity (Wildman–Crippen MR) is 232 cm³/mol. The van der Waals surface area contributed by atoms with Crippen molar-refractivity contribution in [1.29, 1.82) is 0 Å². The van der Waals surface area contributed by atoms with Gasteiger partial charge >= 0.3 is 0 Å². The zero-order chi connectivity index (χ0) is 36.3. The monoisotopic (exact) mass is 718 g/mol. The molecular weight excluding hydrogens is 685 g/mol. The van der Waals surface area contributed by atoms with Gasteiger partial charge in [0, 0.05) is 27.7 Å². The maximum atomic E-state index is 5.02. The van der Waals surface area contributed by atoms with E-state index in [9.17, 15) is 0 Å². The van der Waals surface area contributed by atoms with E-state index in [1.165, 1.54) is 70.1 Å². The highest BCUT2D eigenvalue weighted by Gasteiger charge is 2.46. The van der Waals surface area contributed by atoms with Crippen molar-refractivity contribution < 1.29 is 0 Å². The highest BCUT2D eigenvalue weighted by Crippen LogP contribution is 2.57. The molecule has 0 atom stereocenters. The SMILES string of the molecule is c1ccc(-c2ccc(N(c3ccc4c(c3)-c3ccccc3C4(c3ccccc3)c3ccccc3)c3ccnc4c3sc3c5ccccc5ccc43)cc2)cc1. The van der Waals surface area contributed by atoms with E-state index in [1.54, 1.807) is 0 Å². The Morgan fingerprint density at radius 2 is 1.05 bits per heavy atom. The maximum absolute atomic E-state index is 5.02. The van der Waals surface area contributed by atoms with Crippen LogP contribution in [0.4, 0.5) is 17.1 Å². The molecule has 0 spiro atoms. The van der Waals surface area contributed by atoms with Gasteiger partial charge in [0.2, 0.25) is 0 Å². The second kappa shape index (κ2) is 12.7. The summed E-state index contributed by atoms with van der Waals surface area (Å²) in [6.45, 7) is 0. The van der Waals surface area contributed by atoms with Gasteiger partial charge in [-0.25, -0.2) is 0 Å². The molecule has 55 heavy (non-hydrogen) atoms. The minimum atomic E-state index is -0.453. The molecule has 2 heterocycles. The third-order valence-electron chi connectivity index (χ3n) is 11.4. The smallest absolute Gasteiger partial charge is 0.0909 e. The van der Waals surface area contributed by atoms with Gasteiger partial charge in [0.25, 0.3) is 0 Å². The first-order valence-electron chi connectivity index (χ1n) is 18.8. The summed E-state index contributed by atoms with van der Waals surface area (Å²) in [5, 5.41) is 3.70. The number of aromatic nitrogens is 1. The van der Waals surface area contributed by atoms with Crippen molar-refractivity contribution in [1.82, 2.24) is 4.98 Å². The van der Waals surface area contributed by atoms with Crippen LogP contribution in [0.1, 0.15) is 22.3 Å². The molecule has 3 heteroatoms. The topological polar surface area (TPSA) is 16.1 Å².